The third-order valence-electron chi connectivity index (χ3n) is 6.25. The van der Waals surface area contributed by atoms with Gasteiger partial charge >= 0.3 is 5.97 Å². The quantitative estimate of drug-likeness (QED) is 0.408. The minimum atomic E-state index is -0.495. The van der Waals surface area contributed by atoms with Crippen LogP contribution in [0.25, 0.3) is 0 Å². The zero-order chi connectivity index (χ0) is 25.5. The third kappa shape index (κ3) is 6.95. The molecule has 0 aliphatic carbocycles. The second-order valence-corrected chi connectivity index (χ2v) is 10.1. The van der Waals surface area contributed by atoms with Crippen LogP contribution in [0.4, 0.5) is 5.69 Å². The summed E-state index contributed by atoms with van der Waals surface area (Å²) in [6.45, 7) is 7.87. The highest BCUT2D eigenvalue weighted by Crippen LogP contribution is 2.31. The molecule has 3 aromatic carbocycles. The van der Waals surface area contributed by atoms with Crippen molar-refractivity contribution in [3.05, 3.63) is 95.6 Å². The van der Waals surface area contributed by atoms with Gasteiger partial charge in [-0.25, -0.2) is 0 Å². The molecule has 6 heteroatoms. The first-order valence-electron chi connectivity index (χ1n) is 12.3. The number of anilines is 1. The summed E-state index contributed by atoms with van der Waals surface area (Å²) in [7, 11) is 0. The average Bonchev–Trinajstić information content (AvgIpc) is 3.23. The fourth-order valence-corrected chi connectivity index (χ4v) is 4.28. The van der Waals surface area contributed by atoms with E-state index in [1.807, 2.05) is 66.7 Å². The van der Waals surface area contributed by atoms with E-state index in [2.05, 4.69) is 43.1 Å². The molecule has 188 valence electrons. The van der Waals surface area contributed by atoms with Crippen LogP contribution in [0.5, 0.6) is 5.75 Å². The minimum Gasteiger partial charge on any atom is -0.489 e. The molecular weight excluding hydrogens is 452 g/mol. The van der Waals surface area contributed by atoms with Crippen molar-refractivity contribution in [2.24, 2.45) is 0 Å². The predicted octanol–water partition coefficient (Wildman–Crippen LogP) is 5.02. The molecule has 0 fully saturated rings. The van der Waals surface area contributed by atoms with Gasteiger partial charge in [0.05, 0.1) is 12.8 Å². The first-order valence-corrected chi connectivity index (χ1v) is 12.3. The lowest BCUT2D eigenvalue weighted by Crippen LogP contribution is -2.47. The molecular formula is C30H34N2O4. The summed E-state index contributed by atoms with van der Waals surface area (Å²) in [4.78, 5) is 27.1. The van der Waals surface area contributed by atoms with Gasteiger partial charge in [0, 0.05) is 29.9 Å². The lowest BCUT2D eigenvalue weighted by atomic mass is 10.0. The number of hydrogen-bond donors (Lipinski definition) is 1. The van der Waals surface area contributed by atoms with E-state index in [9.17, 15) is 9.59 Å². The summed E-state index contributed by atoms with van der Waals surface area (Å²) in [6, 6.07) is 25.4. The molecule has 1 heterocycles. The molecule has 0 saturated carbocycles. The number of carbonyl (C=O) groups is 2. The van der Waals surface area contributed by atoms with Crippen molar-refractivity contribution in [3.63, 3.8) is 0 Å². The Labute approximate surface area is 213 Å². The van der Waals surface area contributed by atoms with Gasteiger partial charge < -0.3 is 14.8 Å². The number of amides is 1. The number of rotatable bonds is 10. The van der Waals surface area contributed by atoms with E-state index in [1.54, 1.807) is 0 Å². The van der Waals surface area contributed by atoms with Crippen molar-refractivity contribution in [3.8, 4) is 5.75 Å². The molecule has 0 bridgehead atoms. The smallest absolute Gasteiger partial charge is 0.310 e. The molecule has 6 nitrogen and oxygen atoms in total. The Kier molecular flexibility index (Phi) is 8.06. The van der Waals surface area contributed by atoms with E-state index < -0.39 is 6.10 Å². The fourth-order valence-electron chi connectivity index (χ4n) is 4.28. The van der Waals surface area contributed by atoms with Crippen LogP contribution < -0.4 is 10.1 Å². The predicted molar refractivity (Wildman–Crippen MR) is 141 cm³/mol. The average molecular weight is 487 g/mol. The number of esters is 1. The maximum absolute atomic E-state index is 12.9. The zero-order valence-electron chi connectivity index (χ0n) is 21.2. The first kappa shape index (κ1) is 25.5. The molecule has 0 saturated heterocycles. The number of nitrogens with zero attached hydrogens (tertiary/aromatic N) is 1. The summed E-state index contributed by atoms with van der Waals surface area (Å²) < 4.78 is 12.2. The maximum Gasteiger partial charge on any atom is 0.310 e. The molecule has 0 spiro atoms. The minimum absolute atomic E-state index is 0.0475. The fraction of sp³-hybridized carbons (Fsp3) is 0.333. The molecule has 1 amide bonds. The lowest BCUT2D eigenvalue weighted by molar-refractivity contribution is -0.151. The van der Waals surface area contributed by atoms with Crippen LogP contribution in [0.15, 0.2) is 78.9 Å². The molecule has 1 unspecified atom stereocenters. The van der Waals surface area contributed by atoms with E-state index in [0.717, 1.165) is 23.4 Å². The summed E-state index contributed by atoms with van der Waals surface area (Å²) in [5, 5.41) is 2.85. The lowest BCUT2D eigenvalue weighted by Gasteiger charge is -2.38. The van der Waals surface area contributed by atoms with Crippen LogP contribution in [0.3, 0.4) is 0 Å². The standard InChI is InChI=1S/C30H34N2O4/c1-30(2,3)32(19-23-13-8-5-9-14-23)20-24(36-29(34)17-22-11-6-4-7-12-22)21-35-27-16-10-15-26-25(27)18-28(33)31-26/h4-16,24H,17-21H2,1-3H3,(H,31,33). The molecule has 1 atom stereocenters. The van der Waals surface area contributed by atoms with Crippen LogP contribution in [-0.2, 0) is 33.7 Å². The van der Waals surface area contributed by atoms with Crippen molar-refractivity contribution >= 4 is 17.6 Å². The number of hydrogen-bond acceptors (Lipinski definition) is 5. The van der Waals surface area contributed by atoms with Gasteiger partial charge in [-0.1, -0.05) is 66.7 Å². The molecule has 3 aromatic rings. The van der Waals surface area contributed by atoms with E-state index in [4.69, 9.17) is 9.47 Å². The zero-order valence-corrected chi connectivity index (χ0v) is 21.2. The Hall–Kier alpha value is -3.64. The van der Waals surface area contributed by atoms with Crippen molar-refractivity contribution in [1.29, 1.82) is 0 Å². The van der Waals surface area contributed by atoms with Crippen LogP contribution in [0, 0.1) is 0 Å². The van der Waals surface area contributed by atoms with Crippen LogP contribution in [-0.4, -0.2) is 41.6 Å². The molecule has 4 rings (SSSR count). The van der Waals surface area contributed by atoms with Gasteiger partial charge in [-0.05, 0) is 44.0 Å². The summed E-state index contributed by atoms with van der Waals surface area (Å²) >= 11 is 0. The van der Waals surface area contributed by atoms with Gasteiger partial charge in [0.25, 0.3) is 0 Å². The second-order valence-electron chi connectivity index (χ2n) is 10.1. The Balaban J connectivity index is 1.51. The Bertz CT molecular complexity index is 1170. The van der Waals surface area contributed by atoms with E-state index >= 15 is 0 Å². The van der Waals surface area contributed by atoms with Gasteiger partial charge in [0.1, 0.15) is 18.5 Å². The Morgan fingerprint density at radius 1 is 0.944 bits per heavy atom. The van der Waals surface area contributed by atoms with Gasteiger partial charge in [0.15, 0.2) is 0 Å². The van der Waals surface area contributed by atoms with Crippen LogP contribution >= 0.6 is 0 Å². The summed E-state index contributed by atoms with van der Waals surface area (Å²) in [6.07, 6.45) is -0.0124. The van der Waals surface area contributed by atoms with E-state index in [-0.39, 0.29) is 36.9 Å². The highest BCUT2D eigenvalue weighted by molar-refractivity contribution is 6.00. The largest absolute Gasteiger partial charge is 0.489 e. The SMILES string of the molecule is CC(C)(C)N(Cc1ccccc1)CC(COc1cccc2c1CC(=O)N2)OC(=O)Cc1ccccc1. The van der Waals surface area contributed by atoms with Crippen molar-refractivity contribution in [1.82, 2.24) is 4.90 Å². The normalized spacial score (nSPS) is 13.7. The van der Waals surface area contributed by atoms with E-state index in [1.165, 1.54) is 5.56 Å². The Morgan fingerprint density at radius 3 is 2.28 bits per heavy atom. The van der Waals surface area contributed by atoms with Crippen LogP contribution in [0.2, 0.25) is 0 Å². The number of nitrogens with one attached hydrogen (secondary N) is 1. The molecule has 1 aliphatic rings. The highest BCUT2D eigenvalue weighted by atomic mass is 16.6. The summed E-state index contributed by atoms with van der Waals surface area (Å²) in [5.41, 5.74) is 3.55. The van der Waals surface area contributed by atoms with Gasteiger partial charge in [0.2, 0.25) is 5.91 Å². The maximum atomic E-state index is 12.9. The van der Waals surface area contributed by atoms with Crippen molar-refractivity contribution in [2.45, 2.75) is 51.8 Å². The monoisotopic (exact) mass is 486 g/mol. The highest BCUT2D eigenvalue weighted by Gasteiger charge is 2.28. The first-order chi connectivity index (χ1) is 17.3. The molecule has 0 aromatic heterocycles. The molecule has 0 radical (unpaired) electrons. The third-order valence-corrected chi connectivity index (χ3v) is 6.25. The number of ether oxygens (including phenoxy) is 2. The van der Waals surface area contributed by atoms with Crippen molar-refractivity contribution in [2.75, 3.05) is 18.5 Å². The number of benzene rings is 3. The molecule has 1 N–H and O–H groups in total. The van der Waals surface area contributed by atoms with Gasteiger partial charge in [-0.15, -0.1) is 0 Å². The van der Waals surface area contributed by atoms with E-state index in [0.29, 0.717) is 12.3 Å². The molecule has 36 heavy (non-hydrogen) atoms. The topological polar surface area (TPSA) is 67.9 Å². The van der Waals surface area contributed by atoms with Crippen LogP contribution in [0.1, 0.15) is 37.5 Å². The van der Waals surface area contributed by atoms with Gasteiger partial charge in [-0.2, -0.15) is 0 Å². The van der Waals surface area contributed by atoms with Gasteiger partial charge in [-0.3, -0.25) is 14.5 Å². The van der Waals surface area contributed by atoms with Crippen molar-refractivity contribution < 1.29 is 19.1 Å². The molecule has 1 aliphatic heterocycles. The second kappa shape index (κ2) is 11.4. The Morgan fingerprint density at radius 2 is 1.61 bits per heavy atom. The number of carbonyl (C=O) groups excluding carboxylic acids is 2. The summed E-state index contributed by atoms with van der Waals surface area (Å²) in [5.74, 6) is 0.299. The number of fused-ring (bicyclic) bond motifs is 1.